The van der Waals surface area contributed by atoms with Gasteiger partial charge in [0.05, 0.1) is 0 Å². The highest BCUT2D eigenvalue weighted by Crippen LogP contribution is 2.42. The minimum atomic E-state index is 0.405. The summed E-state index contributed by atoms with van der Waals surface area (Å²) >= 11 is 3.98. The van der Waals surface area contributed by atoms with Gasteiger partial charge >= 0.3 is 0 Å². The number of unbranched alkanes of at least 4 members (excludes halogenated alkanes) is 1. The van der Waals surface area contributed by atoms with Gasteiger partial charge in [0.15, 0.2) is 0 Å². The Bertz CT molecular complexity index is 485. The summed E-state index contributed by atoms with van der Waals surface area (Å²) in [6.07, 6.45) is 10.7. The number of hydrogen-bond acceptors (Lipinski definition) is 3. The predicted octanol–water partition coefficient (Wildman–Crippen LogP) is 5.04. The molecule has 110 valence electrons. The van der Waals surface area contributed by atoms with Crippen molar-refractivity contribution < 1.29 is 4.79 Å². The second kappa shape index (κ2) is 6.65. The monoisotopic (exact) mass is 308 g/mol. The van der Waals surface area contributed by atoms with Crippen molar-refractivity contribution in [1.29, 1.82) is 0 Å². The first-order chi connectivity index (χ1) is 9.79. The molecule has 1 aromatic rings. The Labute approximate surface area is 130 Å². The summed E-state index contributed by atoms with van der Waals surface area (Å²) in [5, 5.41) is 0. The number of aryl methyl sites for hydroxylation is 1. The molecule has 3 rings (SSSR count). The molecule has 20 heavy (non-hydrogen) atoms. The summed E-state index contributed by atoms with van der Waals surface area (Å²) in [5.74, 6) is 2.12. The van der Waals surface area contributed by atoms with Gasteiger partial charge in [-0.3, -0.25) is 4.79 Å². The van der Waals surface area contributed by atoms with Crippen molar-refractivity contribution in [3.05, 3.63) is 15.3 Å². The highest BCUT2D eigenvalue weighted by molar-refractivity contribution is 7.99. The van der Waals surface area contributed by atoms with Gasteiger partial charge in [-0.25, -0.2) is 0 Å². The van der Waals surface area contributed by atoms with E-state index < -0.39 is 0 Å². The van der Waals surface area contributed by atoms with Crippen LogP contribution in [-0.4, -0.2) is 11.5 Å². The molecule has 0 radical (unpaired) electrons. The lowest BCUT2D eigenvalue weighted by Crippen LogP contribution is -2.04. The second-order valence-electron chi connectivity index (χ2n) is 6.08. The average Bonchev–Trinajstić information content (AvgIpc) is 3.24. The van der Waals surface area contributed by atoms with E-state index in [9.17, 15) is 4.79 Å². The molecule has 3 heteroatoms. The van der Waals surface area contributed by atoms with E-state index in [0.29, 0.717) is 11.7 Å². The van der Waals surface area contributed by atoms with Crippen LogP contribution in [0.5, 0.6) is 0 Å². The van der Waals surface area contributed by atoms with Crippen LogP contribution in [0.4, 0.5) is 0 Å². The van der Waals surface area contributed by atoms with Crippen molar-refractivity contribution in [1.82, 2.24) is 0 Å². The lowest BCUT2D eigenvalue weighted by molar-refractivity contribution is -0.119. The van der Waals surface area contributed by atoms with E-state index in [1.807, 2.05) is 23.1 Å². The fourth-order valence-electron chi connectivity index (χ4n) is 2.90. The zero-order chi connectivity index (χ0) is 13.9. The van der Waals surface area contributed by atoms with Gasteiger partial charge in [0, 0.05) is 27.0 Å². The van der Waals surface area contributed by atoms with E-state index in [0.717, 1.165) is 19.3 Å². The molecule has 0 amide bonds. The number of carbonyl (C=O) groups excluding carboxylic acids is 1. The van der Waals surface area contributed by atoms with Crippen LogP contribution in [0, 0.1) is 5.92 Å². The van der Waals surface area contributed by atoms with E-state index >= 15 is 0 Å². The Morgan fingerprint density at radius 1 is 1.30 bits per heavy atom. The van der Waals surface area contributed by atoms with Crippen LogP contribution in [0.1, 0.15) is 60.8 Å². The smallest absolute Gasteiger partial charge is 0.141 e. The molecule has 1 fully saturated rings. The van der Waals surface area contributed by atoms with E-state index in [-0.39, 0.29) is 0 Å². The van der Waals surface area contributed by atoms with Crippen molar-refractivity contribution in [2.45, 2.75) is 69.6 Å². The Kier molecular flexibility index (Phi) is 4.87. The van der Waals surface area contributed by atoms with Crippen LogP contribution in [-0.2, 0) is 24.1 Å². The van der Waals surface area contributed by atoms with Crippen LogP contribution in [0.15, 0.2) is 4.90 Å². The number of thioether (sulfide) groups is 1. The summed E-state index contributed by atoms with van der Waals surface area (Å²) in [6, 6.07) is 0. The van der Waals surface area contributed by atoms with Crippen LogP contribution >= 0.6 is 23.1 Å². The molecule has 1 heterocycles. The van der Waals surface area contributed by atoms with E-state index in [1.165, 1.54) is 54.1 Å². The van der Waals surface area contributed by atoms with Gasteiger partial charge in [-0.2, -0.15) is 0 Å². The van der Waals surface area contributed by atoms with Gasteiger partial charge in [0.25, 0.3) is 0 Å². The van der Waals surface area contributed by atoms with Crippen LogP contribution in [0.25, 0.3) is 0 Å². The maximum atomic E-state index is 12.2. The summed E-state index contributed by atoms with van der Waals surface area (Å²) in [4.78, 5) is 16.7. The molecular formula is C17H24OS2. The molecule has 1 saturated carbocycles. The third-order valence-electron chi connectivity index (χ3n) is 4.30. The van der Waals surface area contributed by atoms with Gasteiger partial charge < -0.3 is 0 Å². The third kappa shape index (κ3) is 3.30. The van der Waals surface area contributed by atoms with Crippen LogP contribution in [0.2, 0.25) is 0 Å². The predicted molar refractivity (Wildman–Crippen MR) is 88.0 cm³/mol. The van der Waals surface area contributed by atoms with E-state index in [2.05, 4.69) is 6.92 Å². The van der Waals surface area contributed by atoms with Crippen LogP contribution in [0.3, 0.4) is 0 Å². The zero-order valence-corrected chi connectivity index (χ0v) is 14.0. The average molecular weight is 309 g/mol. The maximum absolute atomic E-state index is 12.2. The first kappa shape index (κ1) is 14.6. The molecule has 2 aliphatic carbocycles. The maximum Gasteiger partial charge on any atom is 0.141 e. The molecule has 0 N–H and O–H groups in total. The first-order valence-corrected chi connectivity index (χ1v) is 9.88. The highest BCUT2D eigenvalue weighted by Gasteiger charge is 2.31. The molecule has 1 nitrogen and oxygen atoms in total. The topological polar surface area (TPSA) is 17.1 Å². The molecule has 0 aliphatic heterocycles. The van der Waals surface area contributed by atoms with Gasteiger partial charge in [-0.05, 0) is 56.3 Å². The number of Topliss-reactive ketones (excluding diaryl/α,β-unsaturated/α-hetero) is 1. The normalized spacial score (nSPS) is 18.1. The fraction of sp³-hybridized carbons (Fsp3) is 0.706. The summed E-state index contributed by atoms with van der Waals surface area (Å²) < 4.78 is 0. The van der Waals surface area contributed by atoms with Crippen molar-refractivity contribution in [3.63, 3.8) is 0 Å². The summed E-state index contributed by atoms with van der Waals surface area (Å²) in [5.41, 5.74) is 1.61. The summed E-state index contributed by atoms with van der Waals surface area (Å²) in [6.45, 7) is 2.25. The number of fused-ring (bicyclic) bond motifs is 1. The quantitative estimate of drug-likeness (QED) is 0.518. The largest absolute Gasteiger partial charge is 0.299 e. The number of thiophene rings is 1. The van der Waals surface area contributed by atoms with E-state index in [4.69, 9.17) is 0 Å². The Morgan fingerprint density at radius 3 is 2.85 bits per heavy atom. The van der Waals surface area contributed by atoms with Gasteiger partial charge in [0.1, 0.15) is 5.78 Å². The van der Waals surface area contributed by atoms with Crippen molar-refractivity contribution in [2.24, 2.45) is 5.92 Å². The molecule has 0 saturated heterocycles. The lowest BCUT2D eigenvalue weighted by Gasteiger charge is -2.12. The van der Waals surface area contributed by atoms with E-state index in [1.54, 1.807) is 10.4 Å². The number of rotatable bonds is 7. The molecule has 0 unspecified atom stereocenters. The Balaban J connectivity index is 1.78. The Morgan fingerprint density at radius 2 is 2.10 bits per heavy atom. The van der Waals surface area contributed by atoms with Gasteiger partial charge in [0.2, 0.25) is 0 Å². The number of carbonyl (C=O) groups is 1. The summed E-state index contributed by atoms with van der Waals surface area (Å²) in [7, 11) is 0. The molecule has 2 aliphatic rings. The molecule has 1 aromatic heterocycles. The molecule has 0 spiro atoms. The molecule has 0 bridgehead atoms. The minimum absolute atomic E-state index is 0.405. The Hall–Kier alpha value is -0.280. The second-order valence-corrected chi connectivity index (χ2v) is 8.38. The van der Waals surface area contributed by atoms with Gasteiger partial charge in [-0.1, -0.05) is 13.3 Å². The van der Waals surface area contributed by atoms with Gasteiger partial charge in [-0.15, -0.1) is 23.1 Å². The van der Waals surface area contributed by atoms with Crippen molar-refractivity contribution in [3.8, 4) is 0 Å². The van der Waals surface area contributed by atoms with Crippen LogP contribution < -0.4 is 0 Å². The molecule has 0 atom stereocenters. The minimum Gasteiger partial charge on any atom is -0.299 e. The molecular weight excluding hydrogens is 284 g/mol. The highest BCUT2D eigenvalue weighted by atomic mass is 32.2. The fourth-order valence-corrected chi connectivity index (χ4v) is 5.84. The van der Waals surface area contributed by atoms with Crippen molar-refractivity contribution in [2.75, 3.05) is 5.75 Å². The molecule has 0 aromatic carbocycles. The zero-order valence-electron chi connectivity index (χ0n) is 12.4. The third-order valence-corrected chi connectivity index (χ3v) is 7.00. The first-order valence-electron chi connectivity index (χ1n) is 8.08. The standard InChI is InChI=1S/C17H24OS2/c1-2-3-10-19-17-13-6-4-5-7-15(13)20-16(17)11-14(18)12-8-9-12/h12H,2-11H2,1H3. The SMILES string of the molecule is CCCCSc1c(CC(=O)C2CC2)sc2c1CCCC2. The lowest BCUT2D eigenvalue weighted by atomic mass is 9.98. The van der Waals surface area contributed by atoms with Crippen molar-refractivity contribution >= 4 is 28.9 Å². The number of hydrogen-bond donors (Lipinski definition) is 0. The number of ketones is 1.